The van der Waals surface area contributed by atoms with Gasteiger partial charge in [-0.25, -0.2) is 8.42 Å². The maximum Gasteiger partial charge on any atom is 0.243 e. The zero-order valence-corrected chi connectivity index (χ0v) is 13.5. The van der Waals surface area contributed by atoms with Crippen LogP contribution in [0.1, 0.15) is 18.1 Å². The van der Waals surface area contributed by atoms with Gasteiger partial charge in [0.1, 0.15) is 0 Å². The highest BCUT2D eigenvalue weighted by Crippen LogP contribution is 2.22. The van der Waals surface area contributed by atoms with Gasteiger partial charge in [-0.1, -0.05) is 25.1 Å². The minimum Gasteiger partial charge on any atom is -0.383 e. The fraction of sp³-hybridized carbons (Fsp3) is 0.467. The molecule has 21 heavy (non-hydrogen) atoms. The summed E-state index contributed by atoms with van der Waals surface area (Å²) < 4.78 is 32.1. The Morgan fingerprint density at radius 2 is 2.14 bits per heavy atom. The standard InChI is InChI=1S/C15H24N2O3S/c1-4-8-17(9-10-20-3)21(18,19)15-11-13(12-16)6-7-14(15)5-2/h4,6-7,11H,1,5,8-10,12,16H2,2-3H3. The van der Waals surface area contributed by atoms with Crippen LogP contribution in [0, 0.1) is 0 Å². The smallest absolute Gasteiger partial charge is 0.243 e. The lowest BCUT2D eigenvalue weighted by atomic mass is 10.1. The van der Waals surface area contributed by atoms with Crippen LogP contribution in [0.3, 0.4) is 0 Å². The lowest BCUT2D eigenvalue weighted by Crippen LogP contribution is -2.34. The van der Waals surface area contributed by atoms with Crippen LogP contribution in [0.25, 0.3) is 0 Å². The van der Waals surface area contributed by atoms with Gasteiger partial charge in [-0.2, -0.15) is 4.31 Å². The molecule has 1 rings (SSSR count). The van der Waals surface area contributed by atoms with Gasteiger partial charge in [0.2, 0.25) is 10.0 Å². The van der Waals surface area contributed by atoms with Crippen molar-refractivity contribution in [2.24, 2.45) is 5.73 Å². The second kappa shape index (κ2) is 8.29. The number of benzene rings is 1. The number of hydrogen-bond acceptors (Lipinski definition) is 4. The van der Waals surface area contributed by atoms with Gasteiger partial charge in [0.05, 0.1) is 11.5 Å². The number of methoxy groups -OCH3 is 1. The molecule has 0 heterocycles. The first-order valence-electron chi connectivity index (χ1n) is 6.93. The molecule has 118 valence electrons. The predicted octanol–water partition coefficient (Wildman–Crippen LogP) is 1.53. The molecule has 6 heteroatoms. The molecule has 0 saturated carbocycles. The molecule has 0 aliphatic carbocycles. The molecule has 0 spiro atoms. The van der Waals surface area contributed by atoms with Gasteiger partial charge < -0.3 is 10.5 Å². The van der Waals surface area contributed by atoms with Crippen LogP contribution in [0.4, 0.5) is 0 Å². The molecule has 0 aromatic heterocycles. The van der Waals surface area contributed by atoms with Crippen molar-refractivity contribution in [2.75, 3.05) is 26.8 Å². The zero-order valence-electron chi connectivity index (χ0n) is 12.7. The van der Waals surface area contributed by atoms with Gasteiger partial charge in [-0.15, -0.1) is 6.58 Å². The second-order valence-electron chi connectivity index (χ2n) is 4.64. The Balaban J connectivity index is 3.28. The average Bonchev–Trinajstić information content (AvgIpc) is 2.50. The quantitative estimate of drug-likeness (QED) is 0.702. The predicted molar refractivity (Wildman–Crippen MR) is 84.5 cm³/mol. The fourth-order valence-corrected chi connectivity index (χ4v) is 3.78. The summed E-state index contributed by atoms with van der Waals surface area (Å²) >= 11 is 0. The molecule has 0 aliphatic heterocycles. The Hall–Kier alpha value is -1.21. The van der Waals surface area contributed by atoms with Crippen molar-refractivity contribution < 1.29 is 13.2 Å². The van der Waals surface area contributed by atoms with Crippen molar-refractivity contribution in [1.82, 2.24) is 4.31 Å². The Morgan fingerprint density at radius 1 is 1.43 bits per heavy atom. The molecular formula is C15H24N2O3S. The van der Waals surface area contributed by atoms with Gasteiger partial charge in [0, 0.05) is 26.7 Å². The highest BCUT2D eigenvalue weighted by Gasteiger charge is 2.25. The molecule has 0 saturated heterocycles. The van der Waals surface area contributed by atoms with E-state index in [1.807, 2.05) is 19.1 Å². The van der Waals surface area contributed by atoms with E-state index >= 15 is 0 Å². The highest BCUT2D eigenvalue weighted by atomic mass is 32.2. The van der Waals surface area contributed by atoms with E-state index < -0.39 is 10.0 Å². The summed E-state index contributed by atoms with van der Waals surface area (Å²) in [5, 5.41) is 0. The number of ether oxygens (including phenoxy) is 1. The van der Waals surface area contributed by atoms with E-state index in [4.69, 9.17) is 10.5 Å². The molecule has 0 aliphatic rings. The molecule has 1 aromatic rings. The first-order valence-corrected chi connectivity index (χ1v) is 8.37. The summed E-state index contributed by atoms with van der Waals surface area (Å²) in [5.74, 6) is 0. The van der Waals surface area contributed by atoms with Crippen molar-refractivity contribution in [1.29, 1.82) is 0 Å². The number of hydrogen-bond donors (Lipinski definition) is 1. The monoisotopic (exact) mass is 312 g/mol. The van der Waals surface area contributed by atoms with Gasteiger partial charge >= 0.3 is 0 Å². The summed E-state index contributed by atoms with van der Waals surface area (Å²) in [6, 6.07) is 5.36. The first kappa shape index (κ1) is 17.8. The van der Waals surface area contributed by atoms with Crippen molar-refractivity contribution in [3.05, 3.63) is 42.0 Å². The molecule has 0 bridgehead atoms. The lowest BCUT2D eigenvalue weighted by Gasteiger charge is -2.22. The fourth-order valence-electron chi connectivity index (χ4n) is 2.04. The van der Waals surface area contributed by atoms with Crippen LogP contribution >= 0.6 is 0 Å². The lowest BCUT2D eigenvalue weighted by molar-refractivity contribution is 0.182. The molecule has 0 radical (unpaired) electrons. The molecule has 0 unspecified atom stereocenters. The Bertz CT molecular complexity index is 570. The Morgan fingerprint density at radius 3 is 2.67 bits per heavy atom. The molecule has 1 aromatic carbocycles. The van der Waals surface area contributed by atoms with E-state index in [1.54, 1.807) is 19.3 Å². The summed E-state index contributed by atoms with van der Waals surface area (Å²) in [7, 11) is -2.04. The number of sulfonamides is 1. The largest absolute Gasteiger partial charge is 0.383 e. The minimum atomic E-state index is -3.58. The van der Waals surface area contributed by atoms with E-state index in [0.717, 1.165) is 11.1 Å². The van der Waals surface area contributed by atoms with E-state index in [1.165, 1.54) is 4.31 Å². The number of aryl methyl sites for hydroxylation is 1. The zero-order chi connectivity index (χ0) is 15.9. The average molecular weight is 312 g/mol. The van der Waals surface area contributed by atoms with Crippen LogP contribution in [0.2, 0.25) is 0 Å². The number of nitrogens with two attached hydrogens (primary N) is 1. The molecule has 5 nitrogen and oxygen atoms in total. The molecule has 0 fully saturated rings. The number of rotatable bonds is 9. The molecule has 0 atom stereocenters. The third-order valence-corrected chi connectivity index (χ3v) is 5.19. The third kappa shape index (κ3) is 4.38. The normalized spacial score (nSPS) is 11.8. The van der Waals surface area contributed by atoms with Gasteiger partial charge in [0.15, 0.2) is 0 Å². The molecule has 2 N–H and O–H groups in total. The highest BCUT2D eigenvalue weighted by molar-refractivity contribution is 7.89. The van der Waals surface area contributed by atoms with Crippen molar-refractivity contribution in [2.45, 2.75) is 24.8 Å². The maximum absolute atomic E-state index is 12.9. The summed E-state index contributed by atoms with van der Waals surface area (Å²) in [4.78, 5) is 0.325. The van der Waals surface area contributed by atoms with E-state index in [-0.39, 0.29) is 6.54 Å². The maximum atomic E-state index is 12.9. The minimum absolute atomic E-state index is 0.252. The van der Waals surface area contributed by atoms with E-state index in [0.29, 0.717) is 31.0 Å². The van der Waals surface area contributed by atoms with Gasteiger partial charge in [-0.05, 0) is 23.6 Å². The van der Waals surface area contributed by atoms with Crippen LogP contribution in [0.5, 0.6) is 0 Å². The van der Waals surface area contributed by atoms with Gasteiger partial charge in [0.25, 0.3) is 0 Å². The summed E-state index contributed by atoms with van der Waals surface area (Å²) in [6.45, 7) is 6.75. The topological polar surface area (TPSA) is 72.6 Å². The second-order valence-corrected chi connectivity index (χ2v) is 6.55. The van der Waals surface area contributed by atoms with Crippen LogP contribution in [0.15, 0.2) is 35.7 Å². The van der Waals surface area contributed by atoms with Crippen molar-refractivity contribution >= 4 is 10.0 Å². The van der Waals surface area contributed by atoms with Crippen LogP contribution in [-0.4, -0.2) is 39.5 Å². The number of nitrogens with zero attached hydrogens (tertiary/aromatic N) is 1. The molecular weight excluding hydrogens is 288 g/mol. The Labute approximate surface area is 127 Å². The molecule has 0 amide bonds. The van der Waals surface area contributed by atoms with Crippen molar-refractivity contribution in [3.8, 4) is 0 Å². The van der Waals surface area contributed by atoms with E-state index in [2.05, 4.69) is 6.58 Å². The van der Waals surface area contributed by atoms with E-state index in [9.17, 15) is 8.42 Å². The van der Waals surface area contributed by atoms with Crippen molar-refractivity contribution in [3.63, 3.8) is 0 Å². The van der Waals surface area contributed by atoms with Crippen LogP contribution in [-0.2, 0) is 27.7 Å². The third-order valence-electron chi connectivity index (χ3n) is 3.24. The summed E-state index contributed by atoms with van der Waals surface area (Å²) in [6.07, 6.45) is 2.22. The first-order chi connectivity index (χ1) is 10.0. The SMILES string of the molecule is C=CCN(CCOC)S(=O)(=O)c1cc(CN)ccc1CC. The summed E-state index contributed by atoms with van der Waals surface area (Å²) in [5.41, 5.74) is 7.22. The van der Waals surface area contributed by atoms with Crippen LogP contribution < -0.4 is 5.73 Å². The van der Waals surface area contributed by atoms with Gasteiger partial charge in [-0.3, -0.25) is 0 Å². The Kier molecular flexibility index (Phi) is 7.04.